The fourth-order valence-electron chi connectivity index (χ4n) is 2.44. The van der Waals surface area contributed by atoms with Crippen LogP contribution in [0.25, 0.3) is 0 Å². The molecule has 0 aromatic carbocycles. The third kappa shape index (κ3) is 11.2. The van der Waals surface area contributed by atoms with Gasteiger partial charge in [0.05, 0.1) is 6.04 Å². The van der Waals surface area contributed by atoms with Crippen molar-refractivity contribution in [1.82, 2.24) is 10.6 Å². The zero-order chi connectivity index (χ0) is 21.0. The predicted octanol–water partition coefficient (Wildman–Crippen LogP) is -1.19. The van der Waals surface area contributed by atoms with Crippen LogP contribution in [0.1, 0.15) is 52.4 Å². The monoisotopic (exact) mass is 387 g/mol. The highest BCUT2D eigenvalue weighted by atomic mass is 16.4. The minimum atomic E-state index is -1.17. The molecule has 10 nitrogen and oxygen atoms in total. The van der Waals surface area contributed by atoms with Crippen molar-refractivity contribution < 1.29 is 24.3 Å². The number of hydrogen-bond acceptors (Lipinski definition) is 6. The molecule has 0 saturated heterocycles. The summed E-state index contributed by atoms with van der Waals surface area (Å²) in [6.45, 7) is 4.15. The topological polar surface area (TPSA) is 191 Å². The number of hydrogen-bond donors (Lipinski definition) is 6. The average Bonchev–Trinajstić information content (AvgIpc) is 2.56. The molecular formula is C17H33N5O5. The second-order valence-electron chi connectivity index (χ2n) is 6.99. The first-order valence-corrected chi connectivity index (χ1v) is 9.15. The molecule has 10 heteroatoms. The number of amides is 3. The Hall–Kier alpha value is -2.20. The number of aliphatic carboxylic acids is 1. The van der Waals surface area contributed by atoms with Gasteiger partial charge in [-0.15, -0.1) is 0 Å². The van der Waals surface area contributed by atoms with E-state index in [0.29, 0.717) is 19.4 Å². The SMILES string of the molecule is CC(C)CC(NC(=O)C(CCC(N)=O)NC(=O)C(N)CCCCN)C(=O)O. The van der Waals surface area contributed by atoms with Crippen molar-refractivity contribution in [3.05, 3.63) is 0 Å². The standard InChI is InChI=1S/C17H33N5O5/c1-10(2)9-13(17(26)27)22-16(25)12(6-7-14(20)23)21-15(24)11(19)5-3-4-8-18/h10-13H,3-9,18-19H2,1-2H3,(H2,20,23)(H,21,24)(H,22,25)(H,26,27). The summed E-state index contributed by atoms with van der Waals surface area (Å²) >= 11 is 0. The molecule has 0 bridgehead atoms. The van der Waals surface area contributed by atoms with Crippen molar-refractivity contribution in [2.24, 2.45) is 23.1 Å². The van der Waals surface area contributed by atoms with Gasteiger partial charge >= 0.3 is 5.97 Å². The van der Waals surface area contributed by atoms with Crippen LogP contribution in [0, 0.1) is 5.92 Å². The van der Waals surface area contributed by atoms with Gasteiger partial charge in [-0.2, -0.15) is 0 Å². The van der Waals surface area contributed by atoms with Crippen molar-refractivity contribution >= 4 is 23.7 Å². The molecule has 3 amide bonds. The Kier molecular flexibility index (Phi) is 12.0. The number of carbonyl (C=O) groups excluding carboxylic acids is 3. The maximum atomic E-state index is 12.5. The van der Waals surface area contributed by atoms with Crippen LogP contribution in [0.15, 0.2) is 0 Å². The first-order valence-electron chi connectivity index (χ1n) is 9.15. The normalized spacial score (nSPS) is 14.3. The molecule has 0 radical (unpaired) electrons. The van der Waals surface area contributed by atoms with Gasteiger partial charge in [0.15, 0.2) is 0 Å². The quantitative estimate of drug-likeness (QED) is 0.202. The number of nitrogens with one attached hydrogen (secondary N) is 2. The van der Waals surface area contributed by atoms with Crippen LogP contribution >= 0.6 is 0 Å². The number of nitrogens with two attached hydrogens (primary N) is 3. The third-order valence-electron chi connectivity index (χ3n) is 3.94. The summed E-state index contributed by atoms with van der Waals surface area (Å²) in [6.07, 6.45) is 1.84. The Morgan fingerprint density at radius 3 is 2.04 bits per heavy atom. The van der Waals surface area contributed by atoms with E-state index in [0.717, 1.165) is 6.42 Å². The first kappa shape index (κ1) is 24.8. The summed E-state index contributed by atoms with van der Waals surface area (Å²) in [5.41, 5.74) is 16.3. The Labute approximate surface area is 159 Å². The van der Waals surface area contributed by atoms with E-state index in [2.05, 4.69) is 10.6 Å². The Balaban J connectivity index is 4.99. The average molecular weight is 387 g/mol. The molecule has 0 rings (SSSR count). The smallest absolute Gasteiger partial charge is 0.326 e. The van der Waals surface area contributed by atoms with Gasteiger partial charge in [0.1, 0.15) is 12.1 Å². The molecule has 27 heavy (non-hydrogen) atoms. The zero-order valence-corrected chi connectivity index (χ0v) is 16.1. The van der Waals surface area contributed by atoms with E-state index < -0.39 is 41.8 Å². The molecule has 3 unspecified atom stereocenters. The number of carboxylic acids is 1. The lowest BCUT2D eigenvalue weighted by atomic mass is 10.0. The lowest BCUT2D eigenvalue weighted by Gasteiger charge is -2.23. The van der Waals surface area contributed by atoms with Crippen molar-refractivity contribution in [3.8, 4) is 0 Å². The Bertz CT molecular complexity index is 512. The number of carbonyl (C=O) groups is 4. The van der Waals surface area contributed by atoms with E-state index >= 15 is 0 Å². The lowest BCUT2D eigenvalue weighted by molar-refractivity contribution is -0.142. The van der Waals surface area contributed by atoms with Crippen LogP contribution in [0.4, 0.5) is 0 Å². The largest absolute Gasteiger partial charge is 0.480 e. The zero-order valence-electron chi connectivity index (χ0n) is 16.1. The van der Waals surface area contributed by atoms with E-state index in [1.165, 1.54) is 0 Å². The summed E-state index contributed by atoms with van der Waals surface area (Å²) in [4.78, 5) is 47.1. The Morgan fingerprint density at radius 2 is 1.56 bits per heavy atom. The van der Waals surface area contributed by atoms with Gasteiger partial charge in [0, 0.05) is 6.42 Å². The Morgan fingerprint density at radius 1 is 0.963 bits per heavy atom. The summed E-state index contributed by atoms with van der Waals surface area (Å²) in [5, 5.41) is 14.1. The lowest BCUT2D eigenvalue weighted by Crippen LogP contribution is -2.54. The molecule has 0 aromatic heterocycles. The third-order valence-corrected chi connectivity index (χ3v) is 3.94. The first-order chi connectivity index (χ1) is 12.6. The van der Waals surface area contributed by atoms with Crippen LogP contribution in [-0.4, -0.2) is 53.5 Å². The summed E-state index contributed by atoms with van der Waals surface area (Å²) in [7, 11) is 0. The highest BCUT2D eigenvalue weighted by molar-refractivity contribution is 5.92. The second-order valence-corrected chi connectivity index (χ2v) is 6.99. The second kappa shape index (κ2) is 13.0. The summed E-state index contributed by atoms with van der Waals surface area (Å²) in [5.74, 6) is -3.00. The van der Waals surface area contributed by atoms with Gasteiger partial charge in [-0.3, -0.25) is 14.4 Å². The number of primary amides is 1. The predicted molar refractivity (Wildman–Crippen MR) is 100 cm³/mol. The number of carboxylic acid groups (broad SMARTS) is 1. The van der Waals surface area contributed by atoms with Crippen LogP contribution in [0.2, 0.25) is 0 Å². The van der Waals surface area contributed by atoms with E-state index in [9.17, 15) is 24.3 Å². The van der Waals surface area contributed by atoms with E-state index in [4.69, 9.17) is 17.2 Å². The van der Waals surface area contributed by atoms with Gasteiger partial charge in [-0.25, -0.2) is 4.79 Å². The van der Waals surface area contributed by atoms with Crippen LogP contribution in [0.5, 0.6) is 0 Å². The highest BCUT2D eigenvalue weighted by Gasteiger charge is 2.28. The van der Waals surface area contributed by atoms with Gasteiger partial charge < -0.3 is 32.9 Å². The summed E-state index contributed by atoms with van der Waals surface area (Å²) < 4.78 is 0. The van der Waals surface area contributed by atoms with E-state index in [1.807, 2.05) is 13.8 Å². The summed E-state index contributed by atoms with van der Waals surface area (Å²) in [6, 6.07) is -3.02. The van der Waals surface area contributed by atoms with Crippen LogP contribution in [0.3, 0.4) is 0 Å². The molecule has 156 valence electrons. The van der Waals surface area contributed by atoms with Crippen molar-refractivity contribution in [2.75, 3.05) is 6.54 Å². The van der Waals surface area contributed by atoms with Gasteiger partial charge in [-0.1, -0.05) is 20.3 Å². The number of rotatable bonds is 14. The van der Waals surface area contributed by atoms with Crippen molar-refractivity contribution in [1.29, 1.82) is 0 Å². The number of unbranched alkanes of at least 4 members (excludes halogenated alkanes) is 1. The van der Waals surface area contributed by atoms with Gasteiger partial charge in [-0.05, 0) is 38.1 Å². The minimum absolute atomic E-state index is 0.0426. The fraction of sp³-hybridized carbons (Fsp3) is 0.765. The molecule has 0 saturated carbocycles. The van der Waals surface area contributed by atoms with Gasteiger partial charge in [0.2, 0.25) is 17.7 Å². The molecule has 0 spiro atoms. The maximum absolute atomic E-state index is 12.5. The molecule has 0 heterocycles. The van der Waals surface area contributed by atoms with E-state index in [-0.39, 0.29) is 25.2 Å². The minimum Gasteiger partial charge on any atom is -0.480 e. The molecule has 3 atom stereocenters. The molecular weight excluding hydrogens is 354 g/mol. The van der Waals surface area contributed by atoms with Crippen molar-refractivity contribution in [2.45, 2.75) is 70.5 Å². The van der Waals surface area contributed by atoms with Crippen LogP contribution < -0.4 is 27.8 Å². The van der Waals surface area contributed by atoms with Gasteiger partial charge in [0.25, 0.3) is 0 Å². The molecule has 9 N–H and O–H groups in total. The van der Waals surface area contributed by atoms with Crippen molar-refractivity contribution in [3.63, 3.8) is 0 Å². The fourth-order valence-corrected chi connectivity index (χ4v) is 2.44. The van der Waals surface area contributed by atoms with Crippen LogP contribution in [-0.2, 0) is 19.2 Å². The van der Waals surface area contributed by atoms with E-state index in [1.54, 1.807) is 0 Å². The maximum Gasteiger partial charge on any atom is 0.326 e. The molecule has 0 fully saturated rings. The molecule has 0 aliphatic rings. The highest BCUT2D eigenvalue weighted by Crippen LogP contribution is 2.07. The molecule has 0 aliphatic heterocycles. The molecule has 0 aromatic rings. The molecule has 0 aliphatic carbocycles.